The van der Waals surface area contributed by atoms with Crippen molar-refractivity contribution in [3.8, 4) is 5.75 Å². The predicted molar refractivity (Wildman–Crippen MR) is 154 cm³/mol. The third-order valence-corrected chi connectivity index (χ3v) is 8.58. The van der Waals surface area contributed by atoms with Crippen LogP contribution in [-0.4, -0.2) is 47.9 Å². The third-order valence-electron chi connectivity index (χ3n) is 8.33. The molecule has 0 spiro atoms. The second kappa shape index (κ2) is 10.2. The van der Waals surface area contributed by atoms with Crippen LogP contribution in [0.5, 0.6) is 5.75 Å². The van der Waals surface area contributed by atoms with Gasteiger partial charge in [-0.05, 0) is 67.7 Å². The van der Waals surface area contributed by atoms with Crippen LogP contribution in [0.15, 0.2) is 72.0 Å². The van der Waals surface area contributed by atoms with E-state index in [2.05, 4.69) is 48.4 Å². The molecule has 38 heavy (non-hydrogen) atoms. The molecular weight excluding hydrogens is 496 g/mol. The van der Waals surface area contributed by atoms with Gasteiger partial charge in [-0.1, -0.05) is 61.9 Å². The van der Waals surface area contributed by atoms with Gasteiger partial charge < -0.3 is 25.2 Å². The van der Waals surface area contributed by atoms with E-state index in [4.69, 9.17) is 16.3 Å². The van der Waals surface area contributed by atoms with Crippen LogP contribution in [-0.2, 0) is 11.2 Å². The minimum atomic E-state index is -0.940. The summed E-state index contributed by atoms with van der Waals surface area (Å²) in [4.78, 5) is 2.45. The average molecular weight is 535 g/mol. The fraction of sp³-hybridized carbons (Fsp3) is 0.438. The maximum Gasteiger partial charge on any atom is 0.128 e. The molecule has 1 atom stereocenters. The van der Waals surface area contributed by atoms with E-state index in [1.54, 1.807) is 0 Å². The first-order valence-corrected chi connectivity index (χ1v) is 13.9. The highest BCUT2D eigenvalue weighted by Crippen LogP contribution is 2.46. The Bertz CT molecular complexity index is 1290. The SMILES string of the molecule is CC(C)(O)c1ccc2c(c1)/C(=C/CCN1CC[C@](O)(c3ccc(Cl)cc3)C(C)(C)C1)C1=C(CO2)NCC=C1. The molecule has 202 valence electrons. The van der Waals surface area contributed by atoms with Gasteiger partial charge in [0.1, 0.15) is 12.4 Å². The van der Waals surface area contributed by atoms with Crippen LogP contribution in [0, 0.1) is 5.41 Å². The topological polar surface area (TPSA) is 65.0 Å². The first-order chi connectivity index (χ1) is 18.0. The predicted octanol–water partition coefficient (Wildman–Crippen LogP) is 5.77. The Kier molecular flexibility index (Phi) is 7.25. The Hall–Kier alpha value is -2.57. The lowest BCUT2D eigenvalue weighted by Crippen LogP contribution is -2.55. The number of likely N-dealkylation sites (tertiary alicyclic amines) is 1. The third kappa shape index (κ3) is 5.17. The number of aliphatic hydroxyl groups is 2. The Morgan fingerprint density at radius 2 is 1.92 bits per heavy atom. The molecule has 5 rings (SSSR count). The number of hydrogen-bond donors (Lipinski definition) is 3. The molecule has 0 aliphatic carbocycles. The van der Waals surface area contributed by atoms with Gasteiger partial charge in [-0.25, -0.2) is 0 Å². The molecule has 1 fully saturated rings. The minimum Gasteiger partial charge on any atom is -0.487 e. The van der Waals surface area contributed by atoms with Crippen molar-refractivity contribution >= 4 is 17.2 Å². The number of dihydropyridines is 1. The van der Waals surface area contributed by atoms with Gasteiger partial charge in [0.2, 0.25) is 0 Å². The number of nitrogens with zero attached hydrogens (tertiary/aromatic N) is 1. The van der Waals surface area contributed by atoms with Crippen LogP contribution >= 0.6 is 11.6 Å². The van der Waals surface area contributed by atoms with Crippen LogP contribution in [0.3, 0.4) is 0 Å². The van der Waals surface area contributed by atoms with Crippen molar-refractivity contribution in [2.75, 3.05) is 32.8 Å². The number of piperidine rings is 1. The number of ether oxygens (including phenoxy) is 1. The highest BCUT2D eigenvalue weighted by molar-refractivity contribution is 6.30. The van der Waals surface area contributed by atoms with E-state index >= 15 is 0 Å². The zero-order valence-corrected chi connectivity index (χ0v) is 23.6. The van der Waals surface area contributed by atoms with Gasteiger partial charge in [0.05, 0.1) is 16.9 Å². The van der Waals surface area contributed by atoms with Crippen molar-refractivity contribution in [2.45, 2.75) is 51.7 Å². The lowest BCUT2D eigenvalue weighted by molar-refractivity contribution is -0.125. The summed E-state index contributed by atoms with van der Waals surface area (Å²) in [6, 6.07) is 13.6. The van der Waals surface area contributed by atoms with Gasteiger partial charge in [-0.15, -0.1) is 0 Å². The Morgan fingerprint density at radius 1 is 1.16 bits per heavy atom. The van der Waals surface area contributed by atoms with E-state index in [1.807, 2.05) is 50.2 Å². The second-order valence-corrected chi connectivity index (χ2v) is 12.4. The van der Waals surface area contributed by atoms with Gasteiger partial charge in [-0.3, -0.25) is 0 Å². The number of nitrogens with one attached hydrogen (secondary N) is 1. The highest BCUT2D eigenvalue weighted by atomic mass is 35.5. The normalized spacial score (nSPS) is 24.3. The fourth-order valence-corrected chi connectivity index (χ4v) is 6.09. The summed E-state index contributed by atoms with van der Waals surface area (Å²) in [6.07, 6.45) is 8.17. The molecule has 3 N–H and O–H groups in total. The second-order valence-electron chi connectivity index (χ2n) is 11.9. The van der Waals surface area contributed by atoms with E-state index < -0.39 is 11.2 Å². The van der Waals surface area contributed by atoms with E-state index in [0.29, 0.717) is 18.1 Å². The van der Waals surface area contributed by atoms with Crippen molar-refractivity contribution in [2.24, 2.45) is 5.41 Å². The van der Waals surface area contributed by atoms with E-state index in [0.717, 1.165) is 71.9 Å². The smallest absolute Gasteiger partial charge is 0.128 e. The molecule has 0 saturated carbocycles. The van der Waals surface area contributed by atoms with Crippen LogP contribution in [0.4, 0.5) is 0 Å². The molecule has 2 aromatic rings. The molecule has 1 saturated heterocycles. The number of allylic oxidation sites excluding steroid dienone is 3. The molecule has 6 heteroatoms. The molecule has 0 radical (unpaired) electrons. The van der Waals surface area contributed by atoms with E-state index in [1.165, 1.54) is 0 Å². The van der Waals surface area contributed by atoms with Gasteiger partial charge in [0.15, 0.2) is 0 Å². The number of halogens is 1. The highest BCUT2D eigenvalue weighted by Gasteiger charge is 2.48. The number of fused-ring (bicyclic) bond motifs is 1. The van der Waals surface area contributed by atoms with Gasteiger partial charge >= 0.3 is 0 Å². The summed E-state index contributed by atoms with van der Waals surface area (Å²) < 4.78 is 6.19. The zero-order valence-electron chi connectivity index (χ0n) is 22.9. The first-order valence-electron chi connectivity index (χ1n) is 13.5. The monoisotopic (exact) mass is 534 g/mol. The fourth-order valence-electron chi connectivity index (χ4n) is 5.97. The number of benzene rings is 2. The van der Waals surface area contributed by atoms with Crippen LogP contribution in [0.1, 0.15) is 57.2 Å². The molecule has 3 aliphatic heterocycles. The Labute approximate surface area is 231 Å². The van der Waals surface area contributed by atoms with E-state index in [-0.39, 0.29) is 5.41 Å². The molecule has 5 nitrogen and oxygen atoms in total. The number of rotatable bonds is 5. The molecule has 0 aromatic heterocycles. The average Bonchev–Trinajstić information content (AvgIpc) is 3.02. The maximum atomic E-state index is 11.7. The summed E-state index contributed by atoms with van der Waals surface area (Å²) in [6.45, 7) is 11.7. The van der Waals surface area contributed by atoms with Gasteiger partial charge in [0.25, 0.3) is 0 Å². The Morgan fingerprint density at radius 3 is 2.63 bits per heavy atom. The van der Waals surface area contributed by atoms with Crippen molar-refractivity contribution in [3.63, 3.8) is 0 Å². The summed E-state index contributed by atoms with van der Waals surface area (Å²) in [5.74, 6) is 0.834. The summed E-state index contributed by atoms with van der Waals surface area (Å²) in [5.41, 5.74) is 4.04. The largest absolute Gasteiger partial charge is 0.487 e. The summed E-state index contributed by atoms with van der Waals surface area (Å²) >= 11 is 6.10. The van der Waals surface area contributed by atoms with Crippen LogP contribution in [0.25, 0.3) is 5.57 Å². The Balaban J connectivity index is 1.38. The number of hydrogen-bond acceptors (Lipinski definition) is 5. The molecule has 3 heterocycles. The van der Waals surface area contributed by atoms with Gasteiger partial charge in [-0.2, -0.15) is 0 Å². The zero-order chi connectivity index (χ0) is 27.1. The minimum absolute atomic E-state index is 0.317. The quantitative estimate of drug-likeness (QED) is 0.455. The van der Waals surface area contributed by atoms with Crippen molar-refractivity contribution in [1.82, 2.24) is 10.2 Å². The lowest BCUT2D eigenvalue weighted by atomic mass is 9.66. The van der Waals surface area contributed by atoms with Crippen LogP contribution < -0.4 is 10.1 Å². The summed E-state index contributed by atoms with van der Waals surface area (Å²) in [5, 5.41) is 26.6. The van der Waals surface area contributed by atoms with Gasteiger partial charge in [0, 0.05) is 47.8 Å². The first kappa shape index (κ1) is 27.0. The molecule has 0 amide bonds. The molecular formula is C32H39ClN2O3. The lowest BCUT2D eigenvalue weighted by Gasteiger charge is -2.50. The standard InChI is InChI=1S/C32H39ClN2O3/c1-30(2)21-35(18-15-32(30,37)22-9-12-24(33)13-10-22)17-6-8-25-26-7-5-16-34-28(26)20-38-29-14-11-23(19-27(25)29)31(3,4)36/h5,7-14,19,34,36-37H,6,15-18,20-21H2,1-4H3/b25-8+/t32-/m0/s1. The molecule has 3 aliphatic rings. The van der Waals surface area contributed by atoms with Crippen molar-refractivity contribution < 1.29 is 14.9 Å². The molecule has 2 aromatic carbocycles. The maximum absolute atomic E-state index is 11.7. The van der Waals surface area contributed by atoms with Crippen LogP contribution in [0.2, 0.25) is 5.02 Å². The van der Waals surface area contributed by atoms with E-state index in [9.17, 15) is 10.2 Å². The van der Waals surface area contributed by atoms with Crippen molar-refractivity contribution in [1.29, 1.82) is 0 Å². The molecule has 0 bridgehead atoms. The van der Waals surface area contributed by atoms with Crippen molar-refractivity contribution in [3.05, 3.63) is 93.7 Å². The summed E-state index contributed by atoms with van der Waals surface area (Å²) in [7, 11) is 0. The molecule has 0 unspecified atom stereocenters.